The molecule has 0 aromatic heterocycles. The summed E-state index contributed by atoms with van der Waals surface area (Å²) in [6.07, 6.45) is 2.22. The van der Waals surface area contributed by atoms with Crippen LogP contribution in [0, 0.1) is 0 Å². The molecule has 11 heavy (non-hydrogen) atoms. The van der Waals surface area contributed by atoms with Crippen molar-refractivity contribution >= 4 is 10.4 Å². The van der Waals surface area contributed by atoms with E-state index >= 15 is 0 Å². The lowest BCUT2D eigenvalue weighted by Crippen LogP contribution is -2.16. The molecule has 70 valence electrons. The zero-order chi connectivity index (χ0) is 9.49. The van der Waals surface area contributed by atoms with Crippen LogP contribution in [0.15, 0.2) is 0 Å². The summed E-state index contributed by atoms with van der Waals surface area (Å²) in [5.41, 5.74) is 5.47. The van der Waals surface area contributed by atoms with Crippen LogP contribution in [0.2, 0.25) is 0 Å². The molecule has 5 nitrogen and oxygen atoms in total. The summed E-state index contributed by atoms with van der Waals surface area (Å²) in [5, 5.41) is 0. The monoisotopic (exact) mass is 185 g/mol. The first-order valence-corrected chi connectivity index (χ1v) is 4.66. The van der Waals surface area contributed by atoms with E-state index in [2.05, 4.69) is 13.8 Å². The Balaban J connectivity index is 0. The summed E-state index contributed by atoms with van der Waals surface area (Å²) in [6.45, 7) is 4.21. The van der Waals surface area contributed by atoms with Gasteiger partial charge in [-0.1, -0.05) is 13.8 Å². The van der Waals surface area contributed by atoms with E-state index in [0.29, 0.717) is 6.04 Å². The summed E-state index contributed by atoms with van der Waals surface area (Å²) in [5.74, 6) is 0. The summed E-state index contributed by atoms with van der Waals surface area (Å²) in [4.78, 5) is 0. The second-order valence-corrected chi connectivity index (χ2v) is 2.92. The molecule has 0 unspecified atom stereocenters. The molecule has 0 amide bonds. The van der Waals surface area contributed by atoms with Gasteiger partial charge < -0.3 is 5.73 Å². The third-order valence-corrected chi connectivity index (χ3v) is 1.05. The van der Waals surface area contributed by atoms with Crippen molar-refractivity contribution in [3.05, 3.63) is 0 Å². The predicted molar refractivity (Wildman–Crippen MR) is 42.7 cm³/mol. The molecule has 4 N–H and O–H groups in total. The SMILES string of the molecule is CCC(N)CC.O=S(=O)(O)O. The van der Waals surface area contributed by atoms with Crippen molar-refractivity contribution in [1.82, 2.24) is 0 Å². The smallest absolute Gasteiger partial charge is 0.328 e. The van der Waals surface area contributed by atoms with Gasteiger partial charge in [0.25, 0.3) is 0 Å². The molecular formula is C5H15NO4S. The van der Waals surface area contributed by atoms with Gasteiger partial charge >= 0.3 is 10.4 Å². The van der Waals surface area contributed by atoms with Crippen LogP contribution in [0.1, 0.15) is 26.7 Å². The Kier molecular flexibility index (Phi) is 7.97. The van der Waals surface area contributed by atoms with Crippen molar-refractivity contribution < 1.29 is 17.5 Å². The minimum atomic E-state index is -4.67. The Bertz CT molecular complexity index is 153. The number of rotatable bonds is 2. The van der Waals surface area contributed by atoms with Crippen LogP contribution in [0.4, 0.5) is 0 Å². The van der Waals surface area contributed by atoms with Gasteiger partial charge in [0.05, 0.1) is 0 Å². The fourth-order valence-electron chi connectivity index (χ4n) is 0.289. The van der Waals surface area contributed by atoms with E-state index in [1.54, 1.807) is 0 Å². The third kappa shape index (κ3) is 41.1. The highest BCUT2D eigenvalue weighted by Gasteiger charge is 1.88. The molecule has 0 saturated heterocycles. The van der Waals surface area contributed by atoms with Crippen LogP contribution in [-0.4, -0.2) is 23.6 Å². The number of nitrogens with two attached hydrogens (primary N) is 1. The second-order valence-electron chi connectivity index (χ2n) is 2.02. The molecule has 0 spiro atoms. The van der Waals surface area contributed by atoms with E-state index in [1.165, 1.54) is 0 Å². The highest BCUT2D eigenvalue weighted by Crippen LogP contribution is 1.88. The molecule has 0 atom stereocenters. The molecule has 6 heteroatoms. The molecule has 0 aliphatic heterocycles. The number of hydrogen-bond donors (Lipinski definition) is 3. The zero-order valence-electron chi connectivity index (χ0n) is 6.69. The third-order valence-electron chi connectivity index (χ3n) is 1.05. The standard InChI is InChI=1S/C5H13N.H2O4S/c1-3-5(6)4-2;1-5(2,3)4/h5H,3-4,6H2,1-2H3;(H2,1,2,3,4). The first kappa shape index (κ1) is 13.4. The summed E-state index contributed by atoms with van der Waals surface area (Å²) in [7, 11) is -4.67. The van der Waals surface area contributed by atoms with Gasteiger partial charge in [-0.15, -0.1) is 0 Å². The van der Waals surface area contributed by atoms with Crippen LogP contribution in [0.3, 0.4) is 0 Å². The zero-order valence-corrected chi connectivity index (χ0v) is 7.50. The van der Waals surface area contributed by atoms with Crippen molar-refractivity contribution in [2.45, 2.75) is 32.7 Å². The molecule has 0 aromatic rings. The van der Waals surface area contributed by atoms with E-state index in [9.17, 15) is 0 Å². The minimum absolute atomic E-state index is 0.435. The molecule has 0 bridgehead atoms. The fraction of sp³-hybridized carbons (Fsp3) is 1.00. The van der Waals surface area contributed by atoms with E-state index in [-0.39, 0.29) is 0 Å². The highest BCUT2D eigenvalue weighted by molar-refractivity contribution is 7.79. The normalized spacial score (nSPS) is 10.7. The maximum Gasteiger partial charge on any atom is 0.394 e. The minimum Gasteiger partial charge on any atom is -0.328 e. The average molecular weight is 185 g/mol. The maximum absolute atomic E-state index is 8.74. The Labute approximate surface area is 67.2 Å². The average Bonchev–Trinajstić information content (AvgIpc) is 1.83. The molecule has 0 aliphatic carbocycles. The Hall–Kier alpha value is -0.170. The molecule has 0 aromatic carbocycles. The highest BCUT2D eigenvalue weighted by atomic mass is 32.3. The van der Waals surface area contributed by atoms with Gasteiger partial charge in [0, 0.05) is 6.04 Å². The fourth-order valence-corrected chi connectivity index (χ4v) is 0.289. The van der Waals surface area contributed by atoms with E-state index < -0.39 is 10.4 Å². The lowest BCUT2D eigenvalue weighted by Gasteiger charge is -1.99. The van der Waals surface area contributed by atoms with Crippen LogP contribution in [0.5, 0.6) is 0 Å². The van der Waals surface area contributed by atoms with E-state index in [0.717, 1.165) is 12.8 Å². The van der Waals surface area contributed by atoms with Crippen LogP contribution >= 0.6 is 0 Å². The predicted octanol–water partition coefficient (Wildman–Crippen LogP) is 0.481. The molecular weight excluding hydrogens is 170 g/mol. The Morgan fingerprint density at radius 1 is 1.27 bits per heavy atom. The second kappa shape index (κ2) is 6.53. The van der Waals surface area contributed by atoms with Crippen molar-refractivity contribution in [2.75, 3.05) is 0 Å². The van der Waals surface area contributed by atoms with Gasteiger partial charge in [0.2, 0.25) is 0 Å². The van der Waals surface area contributed by atoms with Gasteiger partial charge in [-0.3, -0.25) is 9.11 Å². The summed E-state index contributed by atoms with van der Waals surface area (Å²) >= 11 is 0. The summed E-state index contributed by atoms with van der Waals surface area (Å²) < 4.78 is 31.6. The largest absolute Gasteiger partial charge is 0.394 e. The van der Waals surface area contributed by atoms with Crippen molar-refractivity contribution in [3.8, 4) is 0 Å². The van der Waals surface area contributed by atoms with Crippen molar-refractivity contribution in [3.63, 3.8) is 0 Å². The molecule has 0 heterocycles. The van der Waals surface area contributed by atoms with Gasteiger partial charge in [0.15, 0.2) is 0 Å². The molecule has 0 aliphatic rings. The lowest BCUT2D eigenvalue weighted by atomic mass is 10.2. The lowest BCUT2D eigenvalue weighted by molar-refractivity contribution is 0.381. The molecule has 0 saturated carbocycles. The van der Waals surface area contributed by atoms with Crippen LogP contribution in [0.25, 0.3) is 0 Å². The van der Waals surface area contributed by atoms with E-state index in [1.807, 2.05) is 0 Å². The first-order valence-electron chi connectivity index (χ1n) is 3.26. The number of hydrogen-bond acceptors (Lipinski definition) is 3. The van der Waals surface area contributed by atoms with Gasteiger partial charge in [-0.25, -0.2) is 0 Å². The maximum atomic E-state index is 8.74. The van der Waals surface area contributed by atoms with Gasteiger partial charge in [-0.2, -0.15) is 8.42 Å². The van der Waals surface area contributed by atoms with Crippen molar-refractivity contribution in [2.24, 2.45) is 5.73 Å². The van der Waals surface area contributed by atoms with Crippen molar-refractivity contribution in [1.29, 1.82) is 0 Å². The molecule has 0 fully saturated rings. The topological polar surface area (TPSA) is 101 Å². The summed E-state index contributed by atoms with van der Waals surface area (Å²) in [6, 6.07) is 0.435. The quantitative estimate of drug-likeness (QED) is 0.543. The van der Waals surface area contributed by atoms with Gasteiger partial charge in [-0.05, 0) is 12.8 Å². The van der Waals surface area contributed by atoms with Crippen LogP contribution in [-0.2, 0) is 10.4 Å². The van der Waals surface area contributed by atoms with Crippen LogP contribution < -0.4 is 5.73 Å². The van der Waals surface area contributed by atoms with E-state index in [4.69, 9.17) is 23.3 Å². The first-order chi connectivity index (χ1) is 4.81. The molecule has 0 rings (SSSR count). The Morgan fingerprint density at radius 3 is 1.45 bits per heavy atom. The molecule has 0 radical (unpaired) electrons. The van der Waals surface area contributed by atoms with Gasteiger partial charge in [0.1, 0.15) is 0 Å². The Morgan fingerprint density at radius 2 is 1.45 bits per heavy atom.